The Kier molecular flexibility index (Phi) is 14.2. The van der Waals surface area contributed by atoms with E-state index in [2.05, 4.69) is 13.8 Å². The fraction of sp³-hybridized carbons (Fsp3) is 0.581. The van der Waals surface area contributed by atoms with E-state index in [-0.39, 0.29) is 6.10 Å². The first-order valence-corrected chi connectivity index (χ1v) is 13.8. The van der Waals surface area contributed by atoms with Gasteiger partial charge in [0.15, 0.2) is 0 Å². The van der Waals surface area contributed by atoms with Gasteiger partial charge in [0.25, 0.3) is 0 Å². The number of carboxylic acids is 1. The second-order valence-electron chi connectivity index (χ2n) is 9.56. The van der Waals surface area contributed by atoms with Crippen molar-refractivity contribution < 1.29 is 19.4 Å². The maximum Gasteiger partial charge on any atom is 0.336 e. The van der Waals surface area contributed by atoms with Crippen molar-refractivity contribution in [1.82, 2.24) is 0 Å². The third kappa shape index (κ3) is 10.4. The third-order valence-electron chi connectivity index (χ3n) is 6.46. The summed E-state index contributed by atoms with van der Waals surface area (Å²) in [6.45, 7) is 7.77. The maximum atomic E-state index is 12.1. The number of aromatic carboxylic acids is 1. The van der Waals surface area contributed by atoms with Gasteiger partial charge in [-0.2, -0.15) is 0 Å². The van der Waals surface area contributed by atoms with Crippen molar-refractivity contribution in [3.63, 3.8) is 0 Å². The highest BCUT2D eigenvalue weighted by Crippen LogP contribution is 2.37. The molecule has 4 heteroatoms. The first kappa shape index (κ1) is 28.9. The van der Waals surface area contributed by atoms with Crippen LogP contribution in [0.4, 0.5) is 0 Å². The maximum absolute atomic E-state index is 12.1. The minimum absolute atomic E-state index is 0.0818. The molecule has 1 unspecified atom stereocenters. The fourth-order valence-electron chi connectivity index (χ4n) is 4.43. The lowest BCUT2D eigenvalue weighted by Crippen LogP contribution is -2.17. The molecule has 0 aromatic heterocycles. The molecule has 0 fully saturated rings. The highest BCUT2D eigenvalue weighted by atomic mass is 16.5. The van der Waals surface area contributed by atoms with Crippen molar-refractivity contribution in [2.45, 2.75) is 104 Å². The predicted molar refractivity (Wildman–Crippen MR) is 146 cm³/mol. The number of carboxylic acid groups (broad SMARTS) is 1. The normalized spacial score (nSPS) is 12.0. The number of benzene rings is 2. The van der Waals surface area contributed by atoms with E-state index in [0.29, 0.717) is 30.9 Å². The van der Waals surface area contributed by atoms with Crippen molar-refractivity contribution in [1.29, 1.82) is 0 Å². The smallest absolute Gasteiger partial charge is 0.336 e. The summed E-state index contributed by atoms with van der Waals surface area (Å²) in [7, 11) is 0. The summed E-state index contributed by atoms with van der Waals surface area (Å²) in [5, 5.41) is 9.96. The third-order valence-corrected chi connectivity index (χ3v) is 6.46. The van der Waals surface area contributed by atoms with Gasteiger partial charge in [-0.15, -0.1) is 0 Å². The molecule has 0 spiro atoms. The molecule has 0 radical (unpaired) electrons. The summed E-state index contributed by atoms with van der Waals surface area (Å²) in [6.07, 6.45) is 13.5. The van der Waals surface area contributed by atoms with Crippen molar-refractivity contribution >= 4 is 5.97 Å². The molecule has 194 valence electrons. The average molecular weight is 483 g/mol. The molecule has 2 aromatic carbocycles. The second kappa shape index (κ2) is 17.2. The quantitative estimate of drug-likeness (QED) is 0.203. The zero-order chi connectivity index (χ0) is 25.3. The molecule has 0 aliphatic rings. The molecule has 4 nitrogen and oxygen atoms in total. The van der Waals surface area contributed by atoms with Gasteiger partial charge < -0.3 is 14.6 Å². The summed E-state index contributed by atoms with van der Waals surface area (Å²) in [5.74, 6) is -0.223. The molecule has 0 saturated heterocycles. The van der Waals surface area contributed by atoms with Crippen LogP contribution < -0.4 is 4.74 Å². The van der Waals surface area contributed by atoms with Gasteiger partial charge in [0.05, 0.1) is 18.3 Å². The number of carbonyl (C=O) groups is 1. The topological polar surface area (TPSA) is 55.8 Å². The highest BCUT2D eigenvalue weighted by molar-refractivity contribution is 5.92. The zero-order valence-electron chi connectivity index (χ0n) is 22.2. The molecule has 0 saturated carbocycles. The Morgan fingerprint density at radius 2 is 1.40 bits per heavy atom. The van der Waals surface area contributed by atoms with E-state index in [4.69, 9.17) is 9.47 Å². The predicted octanol–water partition coefficient (Wildman–Crippen LogP) is 8.71. The minimum atomic E-state index is -0.921. The molecule has 1 atom stereocenters. The first-order valence-electron chi connectivity index (χ1n) is 13.8. The van der Waals surface area contributed by atoms with Crippen LogP contribution in [0.3, 0.4) is 0 Å². The van der Waals surface area contributed by atoms with Crippen LogP contribution in [-0.2, 0) is 11.2 Å². The molecule has 35 heavy (non-hydrogen) atoms. The standard InChI is InChI=1S/C31H46O4/c1-4-6-8-10-12-17-23-35-30-27(26-18-14-13-15-19-26)20-21-28(31(32)33)29(30)24-25(3)34-22-16-11-9-7-5-2/h13-15,18-21,25H,4-12,16-17,22-24H2,1-3H3,(H,32,33). The Balaban J connectivity index is 2.18. The van der Waals surface area contributed by atoms with Gasteiger partial charge in [-0.25, -0.2) is 4.79 Å². The number of rotatable bonds is 19. The summed E-state index contributed by atoms with van der Waals surface area (Å²) in [5.41, 5.74) is 3.03. The Morgan fingerprint density at radius 1 is 0.800 bits per heavy atom. The SMILES string of the molecule is CCCCCCCCOc1c(-c2ccccc2)ccc(C(=O)O)c1CC(C)OCCCCCCC. The number of unbranched alkanes of at least 4 members (excludes halogenated alkanes) is 9. The number of ether oxygens (including phenoxy) is 2. The zero-order valence-corrected chi connectivity index (χ0v) is 22.2. The van der Waals surface area contributed by atoms with Gasteiger partial charge >= 0.3 is 5.97 Å². The highest BCUT2D eigenvalue weighted by Gasteiger charge is 2.22. The van der Waals surface area contributed by atoms with Crippen LogP contribution in [0, 0.1) is 0 Å². The monoisotopic (exact) mass is 482 g/mol. The molecule has 0 amide bonds. The van der Waals surface area contributed by atoms with Crippen LogP contribution in [-0.4, -0.2) is 30.4 Å². The Labute approximate surface area is 213 Å². The van der Waals surface area contributed by atoms with Crippen LogP contribution in [0.5, 0.6) is 5.75 Å². The van der Waals surface area contributed by atoms with Crippen molar-refractivity contribution in [2.75, 3.05) is 13.2 Å². The van der Waals surface area contributed by atoms with Crippen LogP contribution in [0.2, 0.25) is 0 Å². The van der Waals surface area contributed by atoms with Crippen LogP contribution in [0.1, 0.15) is 107 Å². The van der Waals surface area contributed by atoms with Crippen molar-refractivity contribution in [3.05, 3.63) is 53.6 Å². The molecule has 0 aliphatic heterocycles. The first-order chi connectivity index (χ1) is 17.1. The van der Waals surface area contributed by atoms with Gasteiger partial charge in [-0.05, 0) is 37.5 Å². The lowest BCUT2D eigenvalue weighted by atomic mass is 9.94. The molecular formula is C31H46O4. The van der Waals surface area contributed by atoms with E-state index < -0.39 is 5.97 Å². The van der Waals surface area contributed by atoms with Gasteiger partial charge in [-0.3, -0.25) is 0 Å². The number of hydrogen-bond acceptors (Lipinski definition) is 3. The van der Waals surface area contributed by atoms with Gasteiger partial charge in [-0.1, -0.05) is 102 Å². The number of hydrogen-bond donors (Lipinski definition) is 1. The van der Waals surface area contributed by atoms with E-state index >= 15 is 0 Å². The largest absolute Gasteiger partial charge is 0.493 e. The molecule has 1 N–H and O–H groups in total. The fourth-order valence-corrected chi connectivity index (χ4v) is 4.43. The molecule has 0 bridgehead atoms. The Bertz CT molecular complexity index is 847. The van der Waals surface area contributed by atoms with Crippen LogP contribution in [0.15, 0.2) is 42.5 Å². The Morgan fingerprint density at radius 3 is 2.03 bits per heavy atom. The lowest BCUT2D eigenvalue weighted by Gasteiger charge is -2.21. The van der Waals surface area contributed by atoms with Crippen LogP contribution in [0.25, 0.3) is 11.1 Å². The van der Waals surface area contributed by atoms with Gasteiger partial charge in [0.1, 0.15) is 5.75 Å². The molecular weight excluding hydrogens is 436 g/mol. The van der Waals surface area contributed by atoms with E-state index in [0.717, 1.165) is 36.0 Å². The van der Waals surface area contributed by atoms with E-state index in [1.54, 1.807) is 6.07 Å². The Hall–Kier alpha value is -2.33. The molecule has 2 aromatic rings. The van der Waals surface area contributed by atoms with Gasteiger partial charge in [0.2, 0.25) is 0 Å². The summed E-state index contributed by atoms with van der Waals surface area (Å²) >= 11 is 0. The molecule has 0 aliphatic carbocycles. The molecule has 0 heterocycles. The average Bonchev–Trinajstić information content (AvgIpc) is 2.86. The molecule has 2 rings (SSSR count). The second-order valence-corrected chi connectivity index (χ2v) is 9.56. The van der Waals surface area contributed by atoms with Gasteiger partial charge in [0, 0.05) is 24.2 Å². The summed E-state index contributed by atoms with van der Waals surface area (Å²) in [6, 6.07) is 13.7. The van der Waals surface area contributed by atoms with Crippen LogP contribution >= 0.6 is 0 Å². The van der Waals surface area contributed by atoms with Crippen molar-refractivity contribution in [2.24, 2.45) is 0 Å². The summed E-state index contributed by atoms with van der Waals surface area (Å²) < 4.78 is 12.5. The minimum Gasteiger partial charge on any atom is -0.493 e. The van der Waals surface area contributed by atoms with E-state index in [9.17, 15) is 9.90 Å². The lowest BCUT2D eigenvalue weighted by molar-refractivity contribution is 0.0617. The summed E-state index contributed by atoms with van der Waals surface area (Å²) in [4.78, 5) is 12.1. The van der Waals surface area contributed by atoms with E-state index in [1.807, 2.05) is 43.3 Å². The van der Waals surface area contributed by atoms with E-state index in [1.165, 1.54) is 51.4 Å². The van der Waals surface area contributed by atoms with Crippen molar-refractivity contribution in [3.8, 4) is 16.9 Å².